The summed E-state index contributed by atoms with van der Waals surface area (Å²) in [6.07, 6.45) is -8.45. The van der Waals surface area contributed by atoms with Gasteiger partial charge in [0.2, 0.25) is 0 Å². The van der Waals surface area contributed by atoms with Gasteiger partial charge in [0.25, 0.3) is 0 Å². The fourth-order valence-corrected chi connectivity index (χ4v) is 2.36. The topological polar surface area (TPSA) is 163 Å². The number of carboxylic acid groups (broad SMARTS) is 1. The third-order valence-electron chi connectivity index (χ3n) is 3.54. The van der Waals surface area contributed by atoms with Crippen LogP contribution in [0.25, 0.3) is 0 Å². The first-order valence-corrected chi connectivity index (χ1v) is 7.88. The van der Waals surface area contributed by atoms with Crippen molar-refractivity contribution in [3.63, 3.8) is 0 Å². The molecule has 0 unspecified atom stereocenters. The van der Waals surface area contributed by atoms with Crippen LogP contribution in [0.15, 0.2) is 0 Å². The molecule has 10 heteroatoms. The number of aliphatic carboxylic acids is 1. The summed E-state index contributed by atoms with van der Waals surface area (Å²) < 4.78 is 15.5. The summed E-state index contributed by atoms with van der Waals surface area (Å²) >= 11 is 0. The Balaban J connectivity index is 2.59. The van der Waals surface area contributed by atoms with Crippen molar-refractivity contribution in [3.8, 4) is 0 Å². The van der Waals surface area contributed by atoms with E-state index in [-0.39, 0.29) is 6.10 Å². The molecule has 0 radical (unpaired) electrons. The third-order valence-corrected chi connectivity index (χ3v) is 3.54. The van der Waals surface area contributed by atoms with Crippen LogP contribution in [0.2, 0.25) is 0 Å². The summed E-state index contributed by atoms with van der Waals surface area (Å²) in [5.41, 5.74) is -1.78. The molecule has 1 aliphatic rings. The van der Waals surface area contributed by atoms with Crippen molar-refractivity contribution < 1.29 is 49.3 Å². The molecule has 1 heterocycles. The smallest absolute Gasteiger partial charge is 0.308 e. The molecular weight excluding hydrogens is 340 g/mol. The molecule has 0 saturated carbocycles. The highest BCUT2D eigenvalue weighted by molar-refractivity contribution is 5.73. The number of carbonyl (C=O) groups is 2. The van der Waals surface area contributed by atoms with Gasteiger partial charge in [-0.1, -0.05) is 0 Å². The maximum absolute atomic E-state index is 11.7. The fourth-order valence-electron chi connectivity index (χ4n) is 2.36. The molecular formula is C15H26O10. The largest absolute Gasteiger partial charge is 0.481 e. The highest BCUT2D eigenvalue weighted by Gasteiger charge is 2.45. The van der Waals surface area contributed by atoms with Crippen LogP contribution in [0.1, 0.15) is 33.6 Å². The van der Waals surface area contributed by atoms with Gasteiger partial charge < -0.3 is 39.7 Å². The lowest BCUT2D eigenvalue weighted by Crippen LogP contribution is -2.59. The molecule has 146 valence electrons. The van der Waals surface area contributed by atoms with E-state index in [4.69, 9.17) is 19.3 Å². The number of aliphatic hydroxyl groups excluding tert-OH is 3. The maximum atomic E-state index is 11.7. The van der Waals surface area contributed by atoms with Gasteiger partial charge in [-0.3, -0.25) is 9.59 Å². The summed E-state index contributed by atoms with van der Waals surface area (Å²) in [7, 11) is 0. The molecule has 1 saturated heterocycles. The Bertz CT molecular complexity index is 463. The number of hydrogen-bond acceptors (Lipinski definition) is 9. The molecule has 5 N–H and O–H groups in total. The number of esters is 1. The Morgan fingerprint density at radius 1 is 1.12 bits per heavy atom. The number of hydrogen-bond donors (Lipinski definition) is 5. The van der Waals surface area contributed by atoms with Gasteiger partial charge in [-0.2, -0.15) is 0 Å². The van der Waals surface area contributed by atoms with Crippen LogP contribution in [-0.4, -0.2) is 86.5 Å². The van der Waals surface area contributed by atoms with Crippen LogP contribution in [0, 0.1) is 0 Å². The maximum Gasteiger partial charge on any atom is 0.308 e. The Labute approximate surface area is 144 Å². The normalized spacial score (nSPS) is 32.2. The second kappa shape index (κ2) is 8.88. The predicted octanol–water partition coefficient (Wildman–Crippen LogP) is -1.62. The Hall–Kier alpha value is -1.30. The van der Waals surface area contributed by atoms with Gasteiger partial charge in [0.05, 0.1) is 24.5 Å². The van der Waals surface area contributed by atoms with Crippen molar-refractivity contribution in [1.82, 2.24) is 0 Å². The number of carbonyl (C=O) groups excluding carboxylic acids is 1. The van der Waals surface area contributed by atoms with Crippen LogP contribution >= 0.6 is 0 Å². The number of carboxylic acids is 1. The molecule has 1 fully saturated rings. The molecule has 0 spiro atoms. The van der Waals surface area contributed by atoms with E-state index in [1.54, 1.807) is 13.8 Å². The van der Waals surface area contributed by atoms with Crippen LogP contribution in [-0.2, 0) is 23.8 Å². The first kappa shape index (κ1) is 21.7. The minimum absolute atomic E-state index is 0.323. The summed E-state index contributed by atoms with van der Waals surface area (Å²) in [5.74, 6) is -2.17. The molecule has 1 aliphatic heterocycles. The van der Waals surface area contributed by atoms with Crippen LogP contribution in [0.3, 0.4) is 0 Å². The fraction of sp³-hybridized carbons (Fsp3) is 0.867. The SMILES string of the molecule is CC(C)O[C@@H]1O[C@@H](COC(=O)C[C@](C)(O)CC(=O)O)[C@@H](O)[C@@H](O)[C@@H]1O. The Morgan fingerprint density at radius 3 is 2.24 bits per heavy atom. The second-order valence-corrected chi connectivity index (χ2v) is 6.63. The van der Waals surface area contributed by atoms with E-state index in [9.17, 15) is 30.0 Å². The summed E-state index contributed by atoms with van der Waals surface area (Å²) in [5, 5.41) is 48.1. The molecule has 0 bridgehead atoms. The lowest BCUT2D eigenvalue weighted by Gasteiger charge is -2.40. The number of rotatable bonds is 8. The minimum Gasteiger partial charge on any atom is -0.481 e. The highest BCUT2D eigenvalue weighted by atomic mass is 16.7. The summed E-state index contributed by atoms with van der Waals surface area (Å²) in [6, 6.07) is 0. The molecule has 0 aromatic rings. The zero-order valence-corrected chi connectivity index (χ0v) is 14.4. The number of ether oxygens (including phenoxy) is 3. The molecule has 10 nitrogen and oxygen atoms in total. The first-order chi connectivity index (χ1) is 11.4. The predicted molar refractivity (Wildman–Crippen MR) is 81.4 cm³/mol. The molecule has 1 rings (SSSR count). The third kappa shape index (κ3) is 6.84. The van der Waals surface area contributed by atoms with E-state index in [0.29, 0.717) is 0 Å². The van der Waals surface area contributed by atoms with Gasteiger partial charge in [0.15, 0.2) is 6.29 Å². The zero-order chi connectivity index (χ0) is 19.4. The quantitative estimate of drug-likeness (QED) is 0.315. The van der Waals surface area contributed by atoms with E-state index in [2.05, 4.69) is 0 Å². The number of aliphatic hydroxyl groups is 4. The van der Waals surface area contributed by atoms with Gasteiger partial charge in [-0.05, 0) is 20.8 Å². The van der Waals surface area contributed by atoms with Gasteiger partial charge in [-0.15, -0.1) is 0 Å². The van der Waals surface area contributed by atoms with Crippen molar-refractivity contribution >= 4 is 11.9 Å². The zero-order valence-electron chi connectivity index (χ0n) is 14.4. The van der Waals surface area contributed by atoms with Crippen LogP contribution < -0.4 is 0 Å². The first-order valence-electron chi connectivity index (χ1n) is 7.88. The van der Waals surface area contributed by atoms with Crippen molar-refractivity contribution in [1.29, 1.82) is 0 Å². The Kier molecular flexibility index (Phi) is 7.72. The molecule has 0 aromatic carbocycles. The highest BCUT2D eigenvalue weighted by Crippen LogP contribution is 2.24. The van der Waals surface area contributed by atoms with E-state index < -0.39 is 67.7 Å². The van der Waals surface area contributed by atoms with Gasteiger partial charge in [-0.25, -0.2) is 0 Å². The molecule has 6 atom stereocenters. The van der Waals surface area contributed by atoms with Crippen molar-refractivity contribution in [2.45, 2.75) is 76.0 Å². The standard InChI is InChI=1S/C15H26O10/c1-7(2)24-14-13(21)12(20)11(19)8(25-14)6-23-10(18)5-15(3,22)4-9(16)17/h7-8,11-14,19-22H,4-6H2,1-3H3,(H,16,17)/t8-,11+,12+,13-,14+,15+/m0/s1. The molecule has 0 aliphatic carbocycles. The lowest BCUT2D eigenvalue weighted by molar-refractivity contribution is -0.309. The van der Waals surface area contributed by atoms with Crippen LogP contribution in [0.4, 0.5) is 0 Å². The molecule has 0 amide bonds. The van der Waals surface area contributed by atoms with Crippen molar-refractivity contribution in [2.24, 2.45) is 0 Å². The lowest BCUT2D eigenvalue weighted by atomic mass is 9.98. The monoisotopic (exact) mass is 366 g/mol. The van der Waals surface area contributed by atoms with Crippen molar-refractivity contribution in [2.75, 3.05) is 6.61 Å². The second-order valence-electron chi connectivity index (χ2n) is 6.63. The summed E-state index contributed by atoms with van der Waals surface area (Å²) in [6.45, 7) is 4.09. The Morgan fingerprint density at radius 2 is 1.72 bits per heavy atom. The van der Waals surface area contributed by atoms with E-state index in [1.807, 2.05) is 0 Å². The van der Waals surface area contributed by atoms with E-state index in [0.717, 1.165) is 0 Å². The summed E-state index contributed by atoms with van der Waals surface area (Å²) in [4.78, 5) is 22.3. The van der Waals surface area contributed by atoms with Crippen molar-refractivity contribution in [3.05, 3.63) is 0 Å². The van der Waals surface area contributed by atoms with Crippen LogP contribution in [0.5, 0.6) is 0 Å². The average molecular weight is 366 g/mol. The minimum atomic E-state index is -1.78. The van der Waals surface area contributed by atoms with Gasteiger partial charge >= 0.3 is 11.9 Å². The van der Waals surface area contributed by atoms with Gasteiger partial charge in [0.1, 0.15) is 31.0 Å². The molecule has 25 heavy (non-hydrogen) atoms. The average Bonchev–Trinajstić information content (AvgIpc) is 2.44. The van der Waals surface area contributed by atoms with E-state index >= 15 is 0 Å². The van der Waals surface area contributed by atoms with E-state index in [1.165, 1.54) is 6.92 Å². The van der Waals surface area contributed by atoms with Gasteiger partial charge in [0, 0.05) is 0 Å². The molecule has 0 aromatic heterocycles.